The van der Waals surface area contributed by atoms with Crippen molar-refractivity contribution in [3.63, 3.8) is 0 Å². The highest BCUT2D eigenvalue weighted by Gasteiger charge is 2.10. The second kappa shape index (κ2) is 7.87. The fourth-order valence-electron chi connectivity index (χ4n) is 2.16. The van der Waals surface area contributed by atoms with Crippen LogP contribution in [-0.2, 0) is 22.4 Å². The molecule has 116 valence electrons. The van der Waals surface area contributed by atoms with Gasteiger partial charge in [0.05, 0.1) is 0 Å². The third kappa shape index (κ3) is 5.43. The lowest BCUT2D eigenvalue weighted by Crippen LogP contribution is -2.21. The molecule has 2 aromatic carbocycles. The van der Waals surface area contributed by atoms with Crippen molar-refractivity contribution in [2.75, 3.05) is 6.61 Å². The van der Waals surface area contributed by atoms with E-state index in [4.69, 9.17) is 4.74 Å². The Morgan fingerprint density at radius 1 is 0.955 bits per heavy atom. The molecule has 22 heavy (non-hydrogen) atoms. The standard InChI is InChI=1S/C19H22O3/c1-14-3-7-16(8-4-14)11-18(20)13-22-19(21)12-17-9-5-15(2)6-10-17/h3-10,19,21H,11-13H2,1-2H3/t19-/m0/s1. The number of aliphatic hydroxyl groups is 1. The maximum absolute atomic E-state index is 11.9. The monoisotopic (exact) mass is 298 g/mol. The van der Waals surface area contributed by atoms with Crippen LogP contribution in [0, 0.1) is 13.8 Å². The number of hydrogen-bond acceptors (Lipinski definition) is 3. The van der Waals surface area contributed by atoms with Gasteiger partial charge in [0.1, 0.15) is 6.61 Å². The molecule has 0 radical (unpaired) electrons. The molecule has 1 N–H and O–H groups in total. The first-order valence-corrected chi connectivity index (χ1v) is 7.45. The average molecular weight is 298 g/mol. The molecule has 0 saturated heterocycles. The van der Waals surface area contributed by atoms with Crippen LogP contribution in [-0.4, -0.2) is 23.8 Å². The van der Waals surface area contributed by atoms with E-state index in [2.05, 4.69) is 0 Å². The third-order valence-electron chi connectivity index (χ3n) is 3.49. The lowest BCUT2D eigenvalue weighted by atomic mass is 10.1. The number of ether oxygens (including phenoxy) is 1. The number of aryl methyl sites for hydroxylation is 2. The van der Waals surface area contributed by atoms with Gasteiger partial charge in [-0.1, -0.05) is 59.7 Å². The Labute approximate surface area is 131 Å². The first-order valence-electron chi connectivity index (χ1n) is 7.45. The minimum Gasteiger partial charge on any atom is -0.368 e. The highest BCUT2D eigenvalue weighted by Crippen LogP contribution is 2.08. The van der Waals surface area contributed by atoms with Crippen LogP contribution in [0.3, 0.4) is 0 Å². The fraction of sp³-hybridized carbons (Fsp3) is 0.316. The zero-order chi connectivity index (χ0) is 15.9. The van der Waals surface area contributed by atoms with Crippen molar-refractivity contribution in [3.8, 4) is 0 Å². The minimum absolute atomic E-state index is 0.0354. The quantitative estimate of drug-likeness (QED) is 0.799. The molecular formula is C19H22O3. The van der Waals surface area contributed by atoms with Crippen molar-refractivity contribution in [3.05, 3.63) is 70.8 Å². The highest BCUT2D eigenvalue weighted by atomic mass is 16.6. The molecule has 0 heterocycles. The topological polar surface area (TPSA) is 46.5 Å². The molecule has 0 amide bonds. The Morgan fingerprint density at radius 2 is 1.45 bits per heavy atom. The molecule has 0 aliphatic carbocycles. The van der Waals surface area contributed by atoms with Gasteiger partial charge in [-0.25, -0.2) is 0 Å². The van der Waals surface area contributed by atoms with Gasteiger partial charge in [0.2, 0.25) is 0 Å². The Kier molecular flexibility index (Phi) is 5.87. The maximum Gasteiger partial charge on any atom is 0.162 e. The van der Waals surface area contributed by atoms with Crippen molar-refractivity contribution in [1.82, 2.24) is 0 Å². The van der Waals surface area contributed by atoms with E-state index in [9.17, 15) is 9.90 Å². The van der Waals surface area contributed by atoms with E-state index in [0.717, 1.165) is 11.1 Å². The Morgan fingerprint density at radius 3 is 2.00 bits per heavy atom. The summed E-state index contributed by atoms with van der Waals surface area (Å²) in [6.07, 6.45) is -0.236. The van der Waals surface area contributed by atoms with Gasteiger partial charge < -0.3 is 9.84 Å². The molecule has 0 saturated carbocycles. The van der Waals surface area contributed by atoms with Crippen molar-refractivity contribution in [1.29, 1.82) is 0 Å². The van der Waals surface area contributed by atoms with E-state index < -0.39 is 6.29 Å². The van der Waals surface area contributed by atoms with Crippen LogP contribution in [0.15, 0.2) is 48.5 Å². The van der Waals surface area contributed by atoms with Crippen molar-refractivity contribution >= 4 is 5.78 Å². The van der Waals surface area contributed by atoms with Gasteiger partial charge in [0.25, 0.3) is 0 Å². The van der Waals surface area contributed by atoms with Crippen LogP contribution < -0.4 is 0 Å². The molecule has 0 spiro atoms. The van der Waals surface area contributed by atoms with Crippen LogP contribution >= 0.6 is 0 Å². The summed E-state index contributed by atoms with van der Waals surface area (Å²) in [7, 11) is 0. The summed E-state index contributed by atoms with van der Waals surface area (Å²) < 4.78 is 5.24. The minimum atomic E-state index is -0.954. The summed E-state index contributed by atoms with van der Waals surface area (Å²) in [5.74, 6) is -0.0354. The summed E-state index contributed by atoms with van der Waals surface area (Å²) in [5.41, 5.74) is 4.30. The number of carbonyl (C=O) groups is 1. The number of hydrogen-bond donors (Lipinski definition) is 1. The number of rotatable bonds is 7. The SMILES string of the molecule is Cc1ccc(CC(=O)CO[C@H](O)Cc2ccc(C)cc2)cc1. The van der Waals surface area contributed by atoms with Gasteiger partial charge in [-0.2, -0.15) is 0 Å². The molecule has 2 aromatic rings. The summed E-state index contributed by atoms with van der Waals surface area (Å²) in [6, 6.07) is 15.7. The average Bonchev–Trinajstić information content (AvgIpc) is 2.50. The maximum atomic E-state index is 11.9. The van der Waals surface area contributed by atoms with E-state index in [1.165, 1.54) is 11.1 Å². The van der Waals surface area contributed by atoms with E-state index in [0.29, 0.717) is 12.8 Å². The number of ketones is 1. The zero-order valence-electron chi connectivity index (χ0n) is 13.1. The van der Waals surface area contributed by atoms with Crippen molar-refractivity contribution < 1.29 is 14.6 Å². The fourth-order valence-corrected chi connectivity index (χ4v) is 2.16. The second-order valence-electron chi connectivity index (χ2n) is 5.66. The van der Waals surface area contributed by atoms with Crippen molar-refractivity contribution in [2.24, 2.45) is 0 Å². The summed E-state index contributed by atoms with van der Waals surface area (Å²) in [4.78, 5) is 11.9. The molecule has 0 fully saturated rings. The van der Waals surface area contributed by atoms with Gasteiger partial charge in [-0.05, 0) is 25.0 Å². The molecular weight excluding hydrogens is 276 g/mol. The van der Waals surface area contributed by atoms with Gasteiger partial charge in [-0.3, -0.25) is 4.79 Å². The predicted octanol–water partition coefficient (Wildman–Crippen LogP) is 2.99. The Hall–Kier alpha value is -1.97. The van der Waals surface area contributed by atoms with Gasteiger partial charge >= 0.3 is 0 Å². The van der Waals surface area contributed by atoms with E-state index in [1.807, 2.05) is 62.4 Å². The smallest absolute Gasteiger partial charge is 0.162 e. The second-order valence-corrected chi connectivity index (χ2v) is 5.66. The van der Waals surface area contributed by atoms with Crippen LogP contribution in [0.4, 0.5) is 0 Å². The Balaban J connectivity index is 1.75. The molecule has 0 aliphatic rings. The van der Waals surface area contributed by atoms with Crippen LogP contribution in [0.25, 0.3) is 0 Å². The first kappa shape index (κ1) is 16.4. The van der Waals surface area contributed by atoms with Crippen LogP contribution in [0.2, 0.25) is 0 Å². The summed E-state index contributed by atoms with van der Waals surface area (Å²) in [6.45, 7) is 3.96. The number of benzene rings is 2. The molecule has 1 atom stereocenters. The normalized spacial score (nSPS) is 12.1. The lowest BCUT2D eigenvalue weighted by Gasteiger charge is -2.12. The number of carbonyl (C=O) groups excluding carboxylic acids is 1. The van der Waals surface area contributed by atoms with Gasteiger partial charge in [-0.15, -0.1) is 0 Å². The zero-order valence-corrected chi connectivity index (χ0v) is 13.1. The first-order chi connectivity index (χ1) is 10.5. The van der Waals surface area contributed by atoms with Crippen LogP contribution in [0.5, 0.6) is 0 Å². The largest absolute Gasteiger partial charge is 0.368 e. The molecule has 0 unspecified atom stereocenters. The summed E-state index contributed by atoms with van der Waals surface area (Å²) >= 11 is 0. The lowest BCUT2D eigenvalue weighted by molar-refractivity contribution is -0.138. The third-order valence-corrected chi connectivity index (χ3v) is 3.49. The van der Waals surface area contributed by atoms with E-state index in [-0.39, 0.29) is 12.4 Å². The van der Waals surface area contributed by atoms with Crippen molar-refractivity contribution in [2.45, 2.75) is 33.0 Å². The number of Topliss-reactive ketones (excluding diaryl/α,β-unsaturated/α-hetero) is 1. The van der Waals surface area contributed by atoms with Gasteiger partial charge in [0.15, 0.2) is 12.1 Å². The molecule has 2 rings (SSSR count). The highest BCUT2D eigenvalue weighted by molar-refractivity contribution is 5.82. The molecule has 0 aromatic heterocycles. The van der Waals surface area contributed by atoms with E-state index >= 15 is 0 Å². The summed E-state index contributed by atoms with van der Waals surface area (Å²) in [5, 5.41) is 9.85. The van der Waals surface area contributed by atoms with E-state index in [1.54, 1.807) is 0 Å². The Bertz CT molecular complexity index is 600. The van der Waals surface area contributed by atoms with Crippen LogP contribution in [0.1, 0.15) is 22.3 Å². The molecule has 0 bridgehead atoms. The predicted molar refractivity (Wildman–Crippen MR) is 86.7 cm³/mol. The number of aliphatic hydroxyl groups excluding tert-OH is 1. The molecule has 3 nitrogen and oxygen atoms in total. The molecule has 3 heteroatoms. The molecule has 0 aliphatic heterocycles. The van der Waals surface area contributed by atoms with Gasteiger partial charge in [0, 0.05) is 12.8 Å².